The maximum absolute atomic E-state index is 9.51. The zero-order chi connectivity index (χ0) is 16.4. The number of aryl methyl sites for hydroxylation is 1. The third kappa shape index (κ3) is 2.53. The summed E-state index contributed by atoms with van der Waals surface area (Å²) in [4.78, 5) is 0. The Bertz CT molecular complexity index is 829. The van der Waals surface area contributed by atoms with Crippen LogP contribution in [-0.4, -0.2) is 16.8 Å². The second kappa shape index (κ2) is 5.89. The molecule has 0 saturated carbocycles. The number of rotatable bonds is 4. The van der Waals surface area contributed by atoms with E-state index in [1.54, 1.807) is 6.08 Å². The van der Waals surface area contributed by atoms with E-state index in [4.69, 9.17) is 15.2 Å². The maximum Gasteiger partial charge on any atom is 0.244 e. The average molecular weight is 308 g/mol. The first kappa shape index (κ1) is 14.7. The number of fused-ring (bicyclic) bond motifs is 1. The molecule has 0 bridgehead atoms. The van der Waals surface area contributed by atoms with Crippen LogP contribution in [0.5, 0.6) is 11.6 Å². The van der Waals surface area contributed by atoms with Crippen molar-refractivity contribution in [1.29, 1.82) is 5.26 Å². The first-order chi connectivity index (χ1) is 11.2. The third-order valence-electron chi connectivity index (χ3n) is 3.69. The summed E-state index contributed by atoms with van der Waals surface area (Å²) in [6.07, 6.45) is 1.68. The lowest BCUT2D eigenvalue weighted by Gasteiger charge is -2.23. The molecular formula is C17H16N4O2. The number of nitriles is 1. The Morgan fingerprint density at radius 1 is 1.57 bits per heavy atom. The van der Waals surface area contributed by atoms with Gasteiger partial charge in [0, 0.05) is 11.3 Å². The Morgan fingerprint density at radius 2 is 2.39 bits per heavy atom. The van der Waals surface area contributed by atoms with Crippen LogP contribution >= 0.6 is 0 Å². The van der Waals surface area contributed by atoms with Crippen molar-refractivity contribution >= 4 is 0 Å². The van der Waals surface area contributed by atoms with Gasteiger partial charge in [-0.25, -0.2) is 0 Å². The van der Waals surface area contributed by atoms with Crippen molar-refractivity contribution in [3.05, 3.63) is 65.2 Å². The van der Waals surface area contributed by atoms with Crippen LogP contribution < -0.4 is 15.2 Å². The van der Waals surface area contributed by atoms with E-state index in [9.17, 15) is 5.26 Å². The van der Waals surface area contributed by atoms with Crippen LogP contribution in [0.4, 0.5) is 0 Å². The zero-order valence-electron chi connectivity index (χ0n) is 12.7. The number of allylic oxidation sites excluding steroid dienone is 1. The van der Waals surface area contributed by atoms with Gasteiger partial charge >= 0.3 is 0 Å². The number of benzene rings is 1. The smallest absolute Gasteiger partial charge is 0.244 e. The van der Waals surface area contributed by atoms with E-state index in [1.165, 1.54) is 0 Å². The lowest BCUT2D eigenvalue weighted by Crippen LogP contribution is -2.21. The Balaban J connectivity index is 2.11. The lowest BCUT2D eigenvalue weighted by molar-refractivity contribution is 0.362. The molecule has 0 saturated heterocycles. The van der Waals surface area contributed by atoms with Gasteiger partial charge in [-0.2, -0.15) is 5.26 Å². The topological polar surface area (TPSA) is 96.9 Å². The van der Waals surface area contributed by atoms with Crippen LogP contribution in [0.2, 0.25) is 0 Å². The summed E-state index contributed by atoms with van der Waals surface area (Å²) in [6.45, 7) is 5.94. The predicted octanol–water partition coefficient (Wildman–Crippen LogP) is 2.50. The van der Waals surface area contributed by atoms with E-state index in [0.29, 0.717) is 23.8 Å². The highest BCUT2D eigenvalue weighted by Crippen LogP contribution is 2.43. The van der Waals surface area contributed by atoms with E-state index in [0.717, 1.165) is 16.8 Å². The van der Waals surface area contributed by atoms with Gasteiger partial charge in [0.05, 0.1) is 5.92 Å². The summed E-state index contributed by atoms with van der Waals surface area (Å²) in [5.74, 6) is 0.845. The second-order valence-electron chi connectivity index (χ2n) is 5.16. The van der Waals surface area contributed by atoms with Crippen LogP contribution in [0.3, 0.4) is 0 Å². The number of nitrogens with zero attached hydrogens (tertiary/aromatic N) is 2. The van der Waals surface area contributed by atoms with E-state index >= 15 is 0 Å². The third-order valence-corrected chi connectivity index (χ3v) is 3.69. The fourth-order valence-corrected chi connectivity index (χ4v) is 2.67. The maximum atomic E-state index is 9.51. The molecule has 0 spiro atoms. The van der Waals surface area contributed by atoms with Crippen molar-refractivity contribution in [1.82, 2.24) is 10.2 Å². The molecule has 3 rings (SSSR count). The molecule has 3 N–H and O–H groups in total. The molecule has 2 heterocycles. The minimum Gasteiger partial charge on any atom is -0.490 e. The van der Waals surface area contributed by atoms with Gasteiger partial charge in [-0.3, -0.25) is 5.10 Å². The van der Waals surface area contributed by atoms with E-state index < -0.39 is 0 Å². The Labute approximate surface area is 133 Å². The molecule has 0 radical (unpaired) electrons. The zero-order valence-corrected chi connectivity index (χ0v) is 12.7. The number of hydrogen-bond acceptors (Lipinski definition) is 5. The van der Waals surface area contributed by atoms with E-state index in [2.05, 4.69) is 22.8 Å². The number of aromatic nitrogens is 2. The lowest BCUT2D eigenvalue weighted by atomic mass is 9.84. The van der Waals surface area contributed by atoms with Crippen LogP contribution in [0.15, 0.2) is 48.4 Å². The normalized spacial score (nSPS) is 16.3. The second-order valence-corrected chi connectivity index (χ2v) is 5.16. The monoisotopic (exact) mass is 308 g/mol. The number of ether oxygens (including phenoxy) is 2. The number of nitrogens with one attached hydrogen (secondary N) is 1. The highest BCUT2D eigenvalue weighted by molar-refractivity contribution is 5.55. The van der Waals surface area contributed by atoms with Crippen molar-refractivity contribution in [2.24, 2.45) is 5.73 Å². The number of nitrogens with two attached hydrogens (primary N) is 1. The molecule has 6 heteroatoms. The SMILES string of the molecule is C=CCOc1cccc([C@H]2C(C#N)=C(N)Oc3n[nH]c(C)c32)c1. The number of H-pyrrole nitrogens is 1. The fraction of sp³-hybridized carbons (Fsp3) is 0.176. The molecule has 0 unspecified atom stereocenters. The molecule has 1 aromatic heterocycles. The Kier molecular flexibility index (Phi) is 3.77. The summed E-state index contributed by atoms with van der Waals surface area (Å²) in [7, 11) is 0. The summed E-state index contributed by atoms with van der Waals surface area (Å²) in [5.41, 5.74) is 8.80. The highest BCUT2D eigenvalue weighted by Gasteiger charge is 2.34. The summed E-state index contributed by atoms with van der Waals surface area (Å²) in [5, 5.41) is 16.5. The number of aromatic amines is 1. The molecule has 6 nitrogen and oxygen atoms in total. The molecule has 2 aromatic rings. The number of hydrogen-bond donors (Lipinski definition) is 2. The van der Waals surface area contributed by atoms with Gasteiger partial charge in [0.1, 0.15) is 24.0 Å². The van der Waals surface area contributed by atoms with Gasteiger partial charge in [-0.05, 0) is 24.6 Å². The first-order valence-electron chi connectivity index (χ1n) is 7.11. The van der Waals surface area contributed by atoms with Crippen LogP contribution in [0.1, 0.15) is 22.7 Å². The van der Waals surface area contributed by atoms with Gasteiger partial charge in [0.25, 0.3) is 0 Å². The molecule has 0 fully saturated rings. The van der Waals surface area contributed by atoms with Crippen LogP contribution in [-0.2, 0) is 0 Å². The molecule has 1 aromatic carbocycles. The van der Waals surface area contributed by atoms with Gasteiger partial charge < -0.3 is 15.2 Å². The molecule has 1 aliphatic heterocycles. The predicted molar refractivity (Wildman–Crippen MR) is 84.8 cm³/mol. The van der Waals surface area contributed by atoms with Crippen LogP contribution in [0.25, 0.3) is 0 Å². The minimum atomic E-state index is -0.338. The summed E-state index contributed by atoms with van der Waals surface area (Å²) >= 11 is 0. The summed E-state index contributed by atoms with van der Waals surface area (Å²) in [6, 6.07) is 9.71. The Hall–Kier alpha value is -3.20. The van der Waals surface area contributed by atoms with Crippen LogP contribution in [0, 0.1) is 18.3 Å². The summed E-state index contributed by atoms with van der Waals surface area (Å²) < 4.78 is 11.0. The molecular weight excluding hydrogens is 292 g/mol. The fourth-order valence-electron chi connectivity index (χ4n) is 2.67. The van der Waals surface area contributed by atoms with Crippen molar-refractivity contribution in [3.8, 4) is 17.7 Å². The van der Waals surface area contributed by atoms with E-state index in [1.807, 2.05) is 31.2 Å². The van der Waals surface area contributed by atoms with Crippen molar-refractivity contribution < 1.29 is 9.47 Å². The largest absolute Gasteiger partial charge is 0.490 e. The van der Waals surface area contributed by atoms with Gasteiger partial charge in [-0.1, -0.05) is 24.8 Å². The van der Waals surface area contributed by atoms with Crippen molar-refractivity contribution in [2.45, 2.75) is 12.8 Å². The minimum absolute atomic E-state index is 0.0777. The first-order valence-corrected chi connectivity index (χ1v) is 7.11. The standard InChI is InChI=1S/C17H16N4O2/c1-3-7-22-12-6-4-5-11(8-12)15-13(9-18)16(19)23-17-14(15)10(2)20-21-17/h3-6,8,15H,1,7,19H2,2H3,(H,20,21)/t15-/m0/s1. The molecule has 1 atom stereocenters. The molecule has 1 aliphatic rings. The van der Waals surface area contributed by atoms with Crippen molar-refractivity contribution in [2.75, 3.05) is 6.61 Å². The molecule has 0 aliphatic carbocycles. The van der Waals surface area contributed by atoms with E-state index in [-0.39, 0.29) is 11.8 Å². The van der Waals surface area contributed by atoms with Crippen molar-refractivity contribution in [3.63, 3.8) is 0 Å². The molecule has 0 amide bonds. The quantitative estimate of drug-likeness (QED) is 0.846. The molecule has 23 heavy (non-hydrogen) atoms. The average Bonchev–Trinajstić information content (AvgIpc) is 2.92. The van der Waals surface area contributed by atoms with Gasteiger partial charge in [0.15, 0.2) is 0 Å². The highest BCUT2D eigenvalue weighted by atomic mass is 16.5. The molecule has 116 valence electrons. The van der Waals surface area contributed by atoms with Gasteiger partial charge in [-0.15, -0.1) is 5.10 Å². The Morgan fingerprint density at radius 3 is 3.13 bits per heavy atom. The van der Waals surface area contributed by atoms with Gasteiger partial charge in [0.2, 0.25) is 11.8 Å².